The largest absolute Gasteiger partial charge is 0.398 e. The van der Waals surface area contributed by atoms with Gasteiger partial charge in [0.15, 0.2) is 5.82 Å². The lowest BCUT2D eigenvalue weighted by molar-refractivity contribution is 0.627. The molecule has 0 saturated heterocycles. The Kier molecular flexibility index (Phi) is 3.08. The lowest BCUT2D eigenvalue weighted by Crippen LogP contribution is -2.02. The predicted octanol–water partition coefficient (Wildman–Crippen LogP) is 2.70. The van der Waals surface area contributed by atoms with Crippen molar-refractivity contribution in [2.45, 2.75) is 0 Å². The van der Waals surface area contributed by atoms with E-state index in [1.807, 2.05) is 0 Å². The van der Waals surface area contributed by atoms with Crippen LogP contribution < -0.4 is 5.73 Å². The third-order valence-electron chi connectivity index (χ3n) is 2.81. The topological polar surface area (TPSA) is 69.6 Å². The zero-order chi connectivity index (χ0) is 14.1. The molecule has 1 aromatic heterocycles. The van der Waals surface area contributed by atoms with Crippen molar-refractivity contribution in [3.63, 3.8) is 0 Å². The average molecular weight is 290 g/mol. The van der Waals surface area contributed by atoms with Crippen molar-refractivity contribution in [1.29, 1.82) is 0 Å². The Hall–Kier alpha value is -2.47. The minimum Gasteiger partial charge on any atom is -0.398 e. The molecule has 0 spiro atoms. The van der Waals surface area contributed by atoms with Gasteiger partial charge in [-0.05, 0) is 46.8 Å². The molecular weight excluding hydrogens is 281 g/mol. The number of hydrogen-bond donors (Lipinski definition) is 1. The normalized spacial score (nSPS) is 10.7. The van der Waals surface area contributed by atoms with E-state index in [0.29, 0.717) is 27.8 Å². The fourth-order valence-corrected chi connectivity index (χ4v) is 2.14. The van der Waals surface area contributed by atoms with Crippen molar-refractivity contribution in [3.05, 3.63) is 53.3 Å². The zero-order valence-electron chi connectivity index (χ0n) is 10.2. The number of nitrogens with two attached hydrogens (primary N) is 1. The van der Waals surface area contributed by atoms with E-state index in [4.69, 9.17) is 17.3 Å². The highest BCUT2D eigenvalue weighted by atomic mass is 35.5. The number of nitrogens with zero attached hydrogens (tertiary/aromatic N) is 4. The van der Waals surface area contributed by atoms with Crippen molar-refractivity contribution in [2.75, 3.05) is 5.73 Å². The maximum absolute atomic E-state index is 13.0. The lowest BCUT2D eigenvalue weighted by atomic mass is 10.1. The molecule has 2 N–H and O–H groups in total. The summed E-state index contributed by atoms with van der Waals surface area (Å²) in [7, 11) is 0. The number of rotatable bonds is 2. The van der Waals surface area contributed by atoms with Crippen molar-refractivity contribution < 1.29 is 4.39 Å². The summed E-state index contributed by atoms with van der Waals surface area (Å²) in [4.78, 5) is 0. The third-order valence-corrected chi connectivity index (χ3v) is 3.13. The van der Waals surface area contributed by atoms with E-state index in [0.717, 1.165) is 0 Å². The molecule has 0 aliphatic heterocycles. The van der Waals surface area contributed by atoms with Gasteiger partial charge in [-0.2, -0.15) is 4.68 Å². The van der Waals surface area contributed by atoms with Crippen molar-refractivity contribution >= 4 is 17.3 Å². The Morgan fingerprint density at radius 3 is 2.55 bits per heavy atom. The van der Waals surface area contributed by atoms with Crippen LogP contribution >= 0.6 is 11.6 Å². The lowest BCUT2D eigenvalue weighted by Gasteiger charge is -2.08. The van der Waals surface area contributed by atoms with Crippen molar-refractivity contribution in [2.24, 2.45) is 0 Å². The number of nitrogen functional groups attached to an aromatic ring is 1. The van der Waals surface area contributed by atoms with E-state index in [1.165, 1.54) is 16.8 Å². The molecule has 0 amide bonds. The number of hydrogen-bond acceptors (Lipinski definition) is 4. The number of anilines is 1. The first-order valence-corrected chi connectivity index (χ1v) is 6.13. The van der Waals surface area contributed by atoms with E-state index in [2.05, 4.69) is 15.5 Å². The van der Waals surface area contributed by atoms with E-state index in [-0.39, 0.29) is 5.82 Å². The molecule has 100 valence electrons. The molecular formula is C13H9ClFN5. The number of halogens is 2. The van der Waals surface area contributed by atoms with Crippen molar-refractivity contribution in [1.82, 2.24) is 20.2 Å². The number of aromatic nitrogens is 4. The summed E-state index contributed by atoms with van der Waals surface area (Å²) in [6.45, 7) is 0. The Labute approximate surface area is 118 Å². The van der Waals surface area contributed by atoms with Gasteiger partial charge < -0.3 is 5.73 Å². The molecule has 0 bridgehead atoms. The van der Waals surface area contributed by atoms with E-state index in [1.54, 1.807) is 30.3 Å². The van der Waals surface area contributed by atoms with Gasteiger partial charge in [-0.25, -0.2) is 4.39 Å². The fourth-order valence-electron chi connectivity index (χ4n) is 1.88. The van der Waals surface area contributed by atoms with Gasteiger partial charge in [0.1, 0.15) is 5.82 Å². The molecule has 1 heterocycles. The molecule has 5 nitrogen and oxygen atoms in total. The van der Waals surface area contributed by atoms with Crippen LogP contribution in [0.4, 0.5) is 10.1 Å². The van der Waals surface area contributed by atoms with E-state index < -0.39 is 0 Å². The molecule has 0 fully saturated rings. The Bertz CT molecular complexity index is 733. The maximum atomic E-state index is 13.0. The predicted molar refractivity (Wildman–Crippen MR) is 74.0 cm³/mol. The van der Waals surface area contributed by atoms with Gasteiger partial charge in [0.25, 0.3) is 0 Å². The van der Waals surface area contributed by atoms with Crippen LogP contribution in [-0.2, 0) is 0 Å². The highest BCUT2D eigenvalue weighted by Crippen LogP contribution is 2.32. The van der Waals surface area contributed by atoms with Crippen LogP contribution in [0.3, 0.4) is 0 Å². The van der Waals surface area contributed by atoms with Gasteiger partial charge in [0.2, 0.25) is 0 Å². The molecule has 20 heavy (non-hydrogen) atoms. The standard InChI is InChI=1S/C13H9ClFN5/c14-10-2-1-3-11(16)12(10)13-17-18-19-20(13)9-6-4-8(15)5-7-9/h1-7H,16H2. The van der Waals surface area contributed by atoms with Crippen LogP contribution in [0, 0.1) is 5.82 Å². The molecule has 3 rings (SSSR count). The summed E-state index contributed by atoms with van der Waals surface area (Å²) in [5, 5.41) is 11.9. The molecule has 0 radical (unpaired) electrons. The quantitative estimate of drug-likeness (QED) is 0.736. The zero-order valence-corrected chi connectivity index (χ0v) is 10.9. The van der Waals surface area contributed by atoms with Gasteiger partial charge >= 0.3 is 0 Å². The van der Waals surface area contributed by atoms with Gasteiger partial charge in [-0.15, -0.1) is 5.10 Å². The Balaban J connectivity index is 2.18. The molecule has 2 aromatic carbocycles. The van der Waals surface area contributed by atoms with Crippen LogP contribution in [0.5, 0.6) is 0 Å². The molecule has 0 aliphatic carbocycles. The molecule has 3 aromatic rings. The fraction of sp³-hybridized carbons (Fsp3) is 0. The monoisotopic (exact) mass is 289 g/mol. The van der Waals surface area contributed by atoms with Gasteiger partial charge in [0, 0.05) is 5.69 Å². The molecule has 0 aliphatic rings. The second-order valence-corrected chi connectivity index (χ2v) is 4.50. The smallest absolute Gasteiger partial charge is 0.190 e. The summed E-state index contributed by atoms with van der Waals surface area (Å²) in [5.74, 6) is 0.0698. The van der Waals surface area contributed by atoms with Crippen molar-refractivity contribution in [3.8, 4) is 17.1 Å². The summed E-state index contributed by atoms with van der Waals surface area (Å²) >= 11 is 6.16. The first-order valence-electron chi connectivity index (χ1n) is 5.75. The van der Waals surface area contributed by atoms with Crippen LogP contribution in [0.15, 0.2) is 42.5 Å². The number of benzene rings is 2. The summed E-state index contributed by atoms with van der Waals surface area (Å²) in [6, 6.07) is 11.0. The molecule has 0 atom stereocenters. The van der Waals surface area contributed by atoms with E-state index >= 15 is 0 Å². The van der Waals surface area contributed by atoms with Crippen LogP contribution in [0.2, 0.25) is 5.02 Å². The Morgan fingerprint density at radius 2 is 1.85 bits per heavy atom. The maximum Gasteiger partial charge on any atom is 0.190 e. The Morgan fingerprint density at radius 1 is 1.10 bits per heavy atom. The SMILES string of the molecule is Nc1cccc(Cl)c1-c1nnnn1-c1ccc(F)cc1. The summed E-state index contributed by atoms with van der Waals surface area (Å²) in [6.07, 6.45) is 0. The highest BCUT2D eigenvalue weighted by Gasteiger charge is 2.16. The molecule has 0 saturated carbocycles. The van der Waals surface area contributed by atoms with E-state index in [9.17, 15) is 4.39 Å². The van der Waals surface area contributed by atoms with Crippen LogP contribution in [-0.4, -0.2) is 20.2 Å². The van der Waals surface area contributed by atoms with Gasteiger partial charge in [0.05, 0.1) is 16.3 Å². The van der Waals surface area contributed by atoms with Crippen LogP contribution in [0.1, 0.15) is 0 Å². The first-order chi connectivity index (χ1) is 9.66. The molecule has 7 heteroatoms. The summed E-state index contributed by atoms with van der Waals surface area (Å²) < 4.78 is 14.4. The highest BCUT2D eigenvalue weighted by molar-refractivity contribution is 6.33. The molecule has 0 unspecified atom stereocenters. The van der Waals surface area contributed by atoms with Crippen LogP contribution in [0.25, 0.3) is 17.1 Å². The second-order valence-electron chi connectivity index (χ2n) is 4.09. The minimum atomic E-state index is -0.333. The number of tetrazole rings is 1. The first kappa shape index (κ1) is 12.6. The van der Waals surface area contributed by atoms with Gasteiger partial charge in [-0.1, -0.05) is 17.7 Å². The second kappa shape index (κ2) is 4.90. The van der Waals surface area contributed by atoms with Gasteiger partial charge in [-0.3, -0.25) is 0 Å². The average Bonchev–Trinajstić information content (AvgIpc) is 2.88. The summed E-state index contributed by atoms with van der Waals surface area (Å²) in [5.41, 5.74) is 7.56. The third kappa shape index (κ3) is 2.10. The minimum absolute atomic E-state index is 0.333.